The van der Waals surface area contributed by atoms with Crippen LogP contribution in [0.1, 0.15) is 38.7 Å². The van der Waals surface area contributed by atoms with Gasteiger partial charge in [0.25, 0.3) is 0 Å². The van der Waals surface area contributed by atoms with Crippen LogP contribution in [0.5, 0.6) is 0 Å². The van der Waals surface area contributed by atoms with Gasteiger partial charge in [-0.25, -0.2) is 9.97 Å². The zero-order valence-electron chi connectivity index (χ0n) is 13.4. The molecule has 1 fully saturated rings. The van der Waals surface area contributed by atoms with Crippen LogP contribution in [-0.2, 0) is 16.1 Å². The van der Waals surface area contributed by atoms with Gasteiger partial charge in [0.05, 0.1) is 6.04 Å². The van der Waals surface area contributed by atoms with Gasteiger partial charge in [0.15, 0.2) is 5.82 Å². The van der Waals surface area contributed by atoms with E-state index >= 15 is 0 Å². The molecule has 0 aliphatic carbocycles. The molecule has 1 aliphatic rings. The number of hydrogen-bond donors (Lipinski definition) is 1. The molecule has 1 aromatic rings. The molecule has 1 atom stereocenters. The van der Waals surface area contributed by atoms with Gasteiger partial charge in [-0.3, -0.25) is 4.79 Å². The molecular weight excluding hydrogens is 268 g/mol. The second kappa shape index (κ2) is 5.97. The Morgan fingerprint density at radius 3 is 2.71 bits per heavy atom. The van der Waals surface area contributed by atoms with Crippen molar-refractivity contribution in [3.05, 3.63) is 17.6 Å². The number of rotatable bonds is 4. The number of carbonyl (C=O) groups is 1. The van der Waals surface area contributed by atoms with Crippen molar-refractivity contribution in [2.45, 2.75) is 52.3 Å². The third-order valence-electron chi connectivity index (χ3n) is 3.46. The molecule has 6 heteroatoms. The van der Waals surface area contributed by atoms with Gasteiger partial charge >= 0.3 is 0 Å². The molecule has 116 valence electrons. The van der Waals surface area contributed by atoms with Crippen molar-refractivity contribution >= 4 is 11.7 Å². The summed E-state index contributed by atoms with van der Waals surface area (Å²) in [5.74, 6) is 1.59. The van der Waals surface area contributed by atoms with Crippen LogP contribution in [0.3, 0.4) is 0 Å². The van der Waals surface area contributed by atoms with Crippen LogP contribution in [-0.4, -0.2) is 46.0 Å². The van der Waals surface area contributed by atoms with Crippen molar-refractivity contribution in [3.8, 4) is 0 Å². The number of nitrogens with zero attached hydrogens (tertiary/aromatic N) is 3. The molecule has 1 aromatic heterocycles. The number of aryl methyl sites for hydroxylation is 1. The van der Waals surface area contributed by atoms with Crippen molar-refractivity contribution in [1.29, 1.82) is 0 Å². The number of nitrogens with one attached hydrogen (secondary N) is 1. The molecule has 1 N–H and O–H groups in total. The van der Waals surface area contributed by atoms with Gasteiger partial charge in [-0.2, -0.15) is 0 Å². The van der Waals surface area contributed by atoms with Crippen LogP contribution in [0.2, 0.25) is 0 Å². The lowest BCUT2D eigenvalue weighted by molar-refractivity contribution is -0.131. The Hall–Kier alpha value is -1.69. The van der Waals surface area contributed by atoms with Crippen molar-refractivity contribution < 1.29 is 9.53 Å². The summed E-state index contributed by atoms with van der Waals surface area (Å²) in [5, 5.41) is 3.34. The minimum Gasteiger partial charge on any atom is -0.377 e. The molecular formula is C15H24N4O2. The predicted octanol–water partition coefficient (Wildman–Crippen LogP) is 1.74. The van der Waals surface area contributed by atoms with Gasteiger partial charge in [0.1, 0.15) is 12.4 Å². The van der Waals surface area contributed by atoms with E-state index in [1.165, 1.54) is 0 Å². The van der Waals surface area contributed by atoms with Crippen LogP contribution >= 0.6 is 0 Å². The second-order valence-electron chi connectivity index (χ2n) is 6.46. The quantitative estimate of drug-likeness (QED) is 0.915. The number of likely N-dealkylation sites (tertiary alicyclic amines) is 1. The molecule has 0 radical (unpaired) electrons. The molecule has 1 amide bonds. The molecule has 0 saturated carbocycles. The van der Waals surface area contributed by atoms with E-state index in [4.69, 9.17) is 4.74 Å². The lowest BCUT2D eigenvalue weighted by Gasteiger charge is -2.32. The van der Waals surface area contributed by atoms with Crippen LogP contribution in [0.25, 0.3) is 0 Å². The Kier molecular flexibility index (Phi) is 4.46. The van der Waals surface area contributed by atoms with Crippen molar-refractivity contribution in [1.82, 2.24) is 14.9 Å². The van der Waals surface area contributed by atoms with E-state index in [-0.39, 0.29) is 17.5 Å². The third-order valence-corrected chi connectivity index (χ3v) is 3.46. The fourth-order valence-corrected chi connectivity index (χ4v) is 2.56. The molecule has 21 heavy (non-hydrogen) atoms. The van der Waals surface area contributed by atoms with Crippen LogP contribution in [0.4, 0.5) is 5.82 Å². The SMILES string of the molecule is COCc1nc(C)cc(NC2CC(=O)N(C(C)(C)C)C2)n1. The zero-order chi connectivity index (χ0) is 15.6. The third kappa shape index (κ3) is 3.91. The fourth-order valence-electron chi connectivity index (χ4n) is 2.56. The maximum atomic E-state index is 12.1. The first-order valence-electron chi connectivity index (χ1n) is 7.20. The first-order valence-corrected chi connectivity index (χ1v) is 7.20. The predicted molar refractivity (Wildman–Crippen MR) is 81.0 cm³/mol. The van der Waals surface area contributed by atoms with Crippen molar-refractivity contribution in [2.75, 3.05) is 19.0 Å². The normalized spacial score (nSPS) is 19.2. The minimum absolute atomic E-state index is 0.0846. The van der Waals surface area contributed by atoms with Crippen LogP contribution in [0.15, 0.2) is 6.07 Å². The molecule has 1 saturated heterocycles. The van der Waals surface area contributed by atoms with E-state index in [0.717, 1.165) is 11.5 Å². The number of anilines is 1. The van der Waals surface area contributed by atoms with Gasteiger partial charge in [0, 0.05) is 37.4 Å². The summed E-state index contributed by atoms with van der Waals surface area (Å²) in [6, 6.07) is 1.98. The first kappa shape index (κ1) is 15.7. The van der Waals surface area contributed by atoms with Gasteiger partial charge in [-0.05, 0) is 27.7 Å². The summed E-state index contributed by atoms with van der Waals surface area (Å²) in [6.45, 7) is 9.17. The summed E-state index contributed by atoms with van der Waals surface area (Å²) in [6.07, 6.45) is 0.500. The molecule has 0 spiro atoms. The van der Waals surface area contributed by atoms with Crippen molar-refractivity contribution in [3.63, 3.8) is 0 Å². The highest BCUT2D eigenvalue weighted by Gasteiger charge is 2.36. The highest BCUT2D eigenvalue weighted by Crippen LogP contribution is 2.23. The van der Waals surface area contributed by atoms with E-state index in [1.54, 1.807) is 7.11 Å². The lowest BCUT2D eigenvalue weighted by atomic mass is 10.1. The Morgan fingerprint density at radius 1 is 1.43 bits per heavy atom. The van der Waals surface area contributed by atoms with E-state index in [0.29, 0.717) is 25.4 Å². The molecule has 0 bridgehead atoms. The van der Waals surface area contributed by atoms with E-state index in [2.05, 4.69) is 36.1 Å². The van der Waals surface area contributed by atoms with Crippen LogP contribution in [0, 0.1) is 6.92 Å². The van der Waals surface area contributed by atoms with Crippen LogP contribution < -0.4 is 5.32 Å². The summed E-state index contributed by atoms with van der Waals surface area (Å²) < 4.78 is 5.07. The summed E-state index contributed by atoms with van der Waals surface area (Å²) in [5.41, 5.74) is 0.743. The van der Waals surface area contributed by atoms with E-state index < -0.39 is 0 Å². The topological polar surface area (TPSA) is 67.3 Å². The smallest absolute Gasteiger partial charge is 0.225 e. The first-order chi connectivity index (χ1) is 9.79. The number of methoxy groups -OCH3 is 1. The minimum atomic E-state index is -0.143. The standard InChI is InChI=1S/C15H24N4O2/c1-10-6-12(18-13(16-10)9-21-5)17-11-7-14(20)19(8-11)15(2,3)4/h6,11H,7-9H2,1-5H3,(H,16,17,18). The number of amides is 1. The number of hydrogen-bond acceptors (Lipinski definition) is 5. The summed E-state index contributed by atoms with van der Waals surface area (Å²) in [4.78, 5) is 22.7. The summed E-state index contributed by atoms with van der Waals surface area (Å²) in [7, 11) is 1.62. The Labute approximate surface area is 125 Å². The van der Waals surface area contributed by atoms with Gasteiger partial charge < -0.3 is 15.0 Å². The maximum Gasteiger partial charge on any atom is 0.225 e. The lowest BCUT2D eigenvalue weighted by Crippen LogP contribution is -2.43. The largest absolute Gasteiger partial charge is 0.377 e. The van der Waals surface area contributed by atoms with Crippen molar-refractivity contribution in [2.24, 2.45) is 0 Å². The number of ether oxygens (including phenoxy) is 1. The maximum absolute atomic E-state index is 12.1. The van der Waals surface area contributed by atoms with Gasteiger partial charge in [0.2, 0.25) is 5.91 Å². The second-order valence-corrected chi connectivity index (χ2v) is 6.46. The highest BCUT2D eigenvalue weighted by atomic mass is 16.5. The highest BCUT2D eigenvalue weighted by molar-refractivity contribution is 5.80. The zero-order valence-corrected chi connectivity index (χ0v) is 13.4. The monoisotopic (exact) mass is 292 g/mol. The Morgan fingerprint density at radius 2 is 2.14 bits per heavy atom. The molecule has 1 unspecified atom stereocenters. The number of carbonyl (C=O) groups excluding carboxylic acids is 1. The molecule has 0 aromatic carbocycles. The Balaban J connectivity index is 2.08. The summed E-state index contributed by atoms with van der Waals surface area (Å²) >= 11 is 0. The van der Waals surface area contributed by atoms with E-state index in [9.17, 15) is 4.79 Å². The Bertz CT molecular complexity index is 525. The molecule has 2 heterocycles. The average Bonchev–Trinajstić information content (AvgIpc) is 2.69. The molecule has 2 rings (SSSR count). The van der Waals surface area contributed by atoms with E-state index in [1.807, 2.05) is 17.9 Å². The number of aromatic nitrogens is 2. The molecule has 6 nitrogen and oxygen atoms in total. The van der Waals surface area contributed by atoms with Gasteiger partial charge in [-0.15, -0.1) is 0 Å². The van der Waals surface area contributed by atoms with Gasteiger partial charge in [-0.1, -0.05) is 0 Å². The average molecular weight is 292 g/mol. The fraction of sp³-hybridized carbons (Fsp3) is 0.667. The molecule has 1 aliphatic heterocycles.